The van der Waals surface area contributed by atoms with Crippen LogP contribution in [0.2, 0.25) is 5.02 Å². The van der Waals surface area contributed by atoms with Gasteiger partial charge in [0.25, 0.3) is 0 Å². The first-order chi connectivity index (χ1) is 10.6. The van der Waals surface area contributed by atoms with Gasteiger partial charge in [-0.05, 0) is 36.2 Å². The molecule has 114 valence electrons. The first-order valence-electron chi connectivity index (χ1n) is 7.16. The van der Waals surface area contributed by atoms with Crippen LogP contribution >= 0.6 is 23.8 Å². The average molecular weight is 332 g/mol. The Morgan fingerprint density at radius 3 is 2.27 bits per heavy atom. The minimum atomic E-state index is 0.150. The van der Waals surface area contributed by atoms with E-state index in [1.165, 1.54) is 0 Å². The van der Waals surface area contributed by atoms with Crippen LogP contribution in [0.25, 0.3) is 11.3 Å². The summed E-state index contributed by atoms with van der Waals surface area (Å²) in [7, 11) is 0. The van der Waals surface area contributed by atoms with Crippen molar-refractivity contribution >= 4 is 40.1 Å². The second kappa shape index (κ2) is 7.97. The summed E-state index contributed by atoms with van der Waals surface area (Å²) < 4.78 is 0. The largest absolute Gasteiger partial charge is 0.507 e. The summed E-state index contributed by atoms with van der Waals surface area (Å²) in [5.41, 5.74) is 2.19. The molecule has 0 aromatic heterocycles. The van der Waals surface area contributed by atoms with Gasteiger partial charge in [0.2, 0.25) is 0 Å². The predicted molar refractivity (Wildman–Crippen MR) is 98.2 cm³/mol. The monoisotopic (exact) mass is 331 g/mol. The third-order valence-corrected chi connectivity index (χ3v) is 3.78. The molecule has 2 aromatic rings. The second-order valence-electron chi connectivity index (χ2n) is 4.85. The Kier molecular flexibility index (Phi) is 5.99. The first kappa shape index (κ1) is 16.5. The topological polar surface area (TPSA) is 32.3 Å². The lowest BCUT2D eigenvalue weighted by Gasteiger charge is -2.14. The number of halogens is 1. The highest BCUT2D eigenvalue weighted by atomic mass is 35.5. The molecule has 0 spiro atoms. The molecule has 0 atom stereocenters. The summed E-state index contributed by atoms with van der Waals surface area (Å²) in [6, 6.07) is 16.7. The van der Waals surface area contributed by atoms with Crippen LogP contribution in [0.15, 0.2) is 54.6 Å². The first-order valence-corrected chi connectivity index (χ1v) is 7.95. The van der Waals surface area contributed by atoms with E-state index in [-0.39, 0.29) is 5.76 Å². The molecule has 0 unspecified atom stereocenters. The number of hydrogen-bond acceptors (Lipinski definition) is 2. The Labute approximate surface area is 141 Å². The molecule has 0 aliphatic carbocycles. The van der Waals surface area contributed by atoms with E-state index in [0.29, 0.717) is 21.1 Å². The van der Waals surface area contributed by atoms with Gasteiger partial charge >= 0.3 is 0 Å². The SMILES string of the molecule is CCCNC(=S)/C(=C(\O)c1ccc(Cl)cc1)c1ccccc1. The van der Waals surface area contributed by atoms with E-state index in [1.54, 1.807) is 24.3 Å². The maximum Gasteiger partial charge on any atom is 0.133 e. The quantitative estimate of drug-likeness (QED) is 0.346. The fourth-order valence-corrected chi connectivity index (χ4v) is 2.50. The van der Waals surface area contributed by atoms with Crippen molar-refractivity contribution in [2.24, 2.45) is 0 Å². The van der Waals surface area contributed by atoms with E-state index in [2.05, 4.69) is 12.2 Å². The van der Waals surface area contributed by atoms with Gasteiger partial charge in [-0.25, -0.2) is 0 Å². The van der Waals surface area contributed by atoms with Crippen molar-refractivity contribution in [3.05, 3.63) is 70.7 Å². The summed E-state index contributed by atoms with van der Waals surface area (Å²) in [5.74, 6) is 0.150. The highest BCUT2D eigenvalue weighted by molar-refractivity contribution is 7.81. The second-order valence-corrected chi connectivity index (χ2v) is 5.70. The molecule has 0 aliphatic heterocycles. The zero-order valence-electron chi connectivity index (χ0n) is 12.3. The summed E-state index contributed by atoms with van der Waals surface area (Å²) in [6.45, 7) is 2.84. The lowest BCUT2D eigenvalue weighted by Crippen LogP contribution is -2.24. The van der Waals surface area contributed by atoms with Crippen LogP contribution in [-0.2, 0) is 0 Å². The number of benzene rings is 2. The number of aliphatic hydroxyl groups is 1. The molecular weight excluding hydrogens is 314 g/mol. The zero-order chi connectivity index (χ0) is 15.9. The van der Waals surface area contributed by atoms with Gasteiger partial charge in [-0.1, -0.05) is 61.1 Å². The molecule has 2 aromatic carbocycles. The molecule has 0 radical (unpaired) electrons. The maximum atomic E-state index is 10.7. The molecule has 22 heavy (non-hydrogen) atoms. The summed E-state index contributed by atoms with van der Waals surface area (Å²) in [5, 5.41) is 14.5. The van der Waals surface area contributed by atoms with Crippen LogP contribution in [0.4, 0.5) is 0 Å². The molecule has 0 amide bonds. The minimum Gasteiger partial charge on any atom is -0.507 e. The molecule has 0 saturated carbocycles. The third kappa shape index (κ3) is 4.09. The van der Waals surface area contributed by atoms with Crippen LogP contribution < -0.4 is 5.32 Å². The highest BCUT2D eigenvalue weighted by Crippen LogP contribution is 2.26. The molecule has 0 fully saturated rings. The molecule has 2 nitrogen and oxygen atoms in total. The zero-order valence-corrected chi connectivity index (χ0v) is 13.9. The van der Waals surface area contributed by atoms with Crippen molar-refractivity contribution in [2.75, 3.05) is 6.54 Å². The van der Waals surface area contributed by atoms with Crippen molar-refractivity contribution in [3.63, 3.8) is 0 Å². The normalized spacial score (nSPS) is 11.7. The fraction of sp³-hybridized carbons (Fsp3) is 0.167. The molecule has 4 heteroatoms. The van der Waals surface area contributed by atoms with E-state index < -0.39 is 0 Å². The van der Waals surface area contributed by atoms with E-state index in [4.69, 9.17) is 23.8 Å². The molecule has 2 N–H and O–H groups in total. The van der Waals surface area contributed by atoms with Gasteiger partial charge in [0, 0.05) is 17.1 Å². The van der Waals surface area contributed by atoms with Gasteiger partial charge in [0.15, 0.2) is 0 Å². The highest BCUT2D eigenvalue weighted by Gasteiger charge is 2.15. The number of hydrogen-bond donors (Lipinski definition) is 2. The molecular formula is C18H18ClNOS. The fourth-order valence-electron chi connectivity index (χ4n) is 2.06. The minimum absolute atomic E-state index is 0.150. The van der Waals surface area contributed by atoms with E-state index in [1.807, 2.05) is 30.3 Å². The molecule has 0 saturated heterocycles. The summed E-state index contributed by atoms with van der Waals surface area (Å²) in [4.78, 5) is 0.542. The third-order valence-electron chi connectivity index (χ3n) is 3.18. The number of aliphatic hydroxyl groups excluding tert-OH is 1. The van der Waals surface area contributed by atoms with E-state index in [9.17, 15) is 5.11 Å². The number of thiocarbonyl (C=S) groups is 1. The lowest BCUT2D eigenvalue weighted by atomic mass is 10.0. The van der Waals surface area contributed by atoms with Gasteiger partial charge < -0.3 is 10.4 Å². The van der Waals surface area contributed by atoms with E-state index >= 15 is 0 Å². The van der Waals surface area contributed by atoms with Crippen molar-refractivity contribution in [1.82, 2.24) is 5.32 Å². The lowest BCUT2D eigenvalue weighted by molar-refractivity contribution is 0.514. The smallest absolute Gasteiger partial charge is 0.133 e. The van der Waals surface area contributed by atoms with Gasteiger partial charge in [-0.2, -0.15) is 0 Å². The molecule has 2 rings (SSSR count). The van der Waals surface area contributed by atoms with Crippen LogP contribution in [0, 0.1) is 0 Å². The summed E-state index contributed by atoms with van der Waals surface area (Å²) >= 11 is 11.4. The number of rotatable bonds is 5. The van der Waals surface area contributed by atoms with Crippen LogP contribution in [0.1, 0.15) is 24.5 Å². The van der Waals surface area contributed by atoms with Gasteiger partial charge in [-0.3, -0.25) is 0 Å². The van der Waals surface area contributed by atoms with Crippen LogP contribution in [0.3, 0.4) is 0 Å². The van der Waals surface area contributed by atoms with Gasteiger partial charge in [0.1, 0.15) is 10.7 Å². The van der Waals surface area contributed by atoms with Crippen molar-refractivity contribution in [1.29, 1.82) is 0 Å². The van der Waals surface area contributed by atoms with Crippen LogP contribution in [-0.4, -0.2) is 16.6 Å². The summed E-state index contributed by atoms with van der Waals surface area (Å²) in [6.07, 6.45) is 0.962. The van der Waals surface area contributed by atoms with E-state index in [0.717, 1.165) is 18.5 Å². The molecule has 0 aliphatic rings. The average Bonchev–Trinajstić information content (AvgIpc) is 2.54. The standard InChI is InChI=1S/C18H18ClNOS/c1-2-12-20-18(22)16(13-6-4-3-5-7-13)17(21)14-8-10-15(19)11-9-14/h3-11,21H,2,12H2,1H3,(H,20,22)/b17-16-. The number of nitrogens with one attached hydrogen (secondary N) is 1. The molecule has 0 bridgehead atoms. The van der Waals surface area contributed by atoms with Crippen molar-refractivity contribution in [3.8, 4) is 0 Å². The molecule has 0 heterocycles. The van der Waals surface area contributed by atoms with Crippen molar-refractivity contribution in [2.45, 2.75) is 13.3 Å². The Morgan fingerprint density at radius 1 is 1.05 bits per heavy atom. The van der Waals surface area contributed by atoms with Gasteiger partial charge in [-0.15, -0.1) is 0 Å². The van der Waals surface area contributed by atoms with Gasteiger partial charge in [0.05, 0.1) is 5.57 Å². The Bertz CT molecular complexity index is 665. The van der Waals surface area contributed by atoms with Crippen LogP contribution in [0.5, 0.6) is 0 Å². The predicted octanol–water partition coefficient (Wildman–Crippen LogP) is 5.09. The Balaban J connectivity index is 2.49. The van der Waals surface area contributed by atoms with Crippen molar-refractivity contribution < 1.29 is 5.11 Å². The maximum absolute atomic E-state index is 10.7. The Hall–Kier alpha value is -1.84. The Morgan fingerprint density at radius 2 is 1.68 bits per heavy atom.